The van der Waals surface area contributed by atoms with E-state index in [4.69, 9.17) is 0 Å². The number of thioether (sulfide) groups is 1. The third-order valence-electron chi connectivity index (χ3n) is 3.45. The topological polar surface area (TPSA) is 38.1 Å². The maximum absolute atomic E-state index is 13.5. The molecule has 0 spiro atoms. The third-order valence-corrected chi connectivity index (χ3v) is 4.05. The van der Waals surface area contributed by atoms with Gasteiger partial charge in [-0.25, -0.2) is 4.39 Å². The van der Waals surface area contributed by atoms with Gasteiger partial charge in [0, 0.05) is 37.7 Å². The van der Waals surface area contributed by atoms with Crippen molar-refractivity contribution in [3.05, 3.63) is 65.8 Å². The molecule has 0 saturated carbocycles. The second-order valence-corrected chi connectivity index (χ2v) is 6.13. The number of halogens is 1. The number of hydrogen-bond acceptors (Lipinski definition) is 3. The van der Waals surface area contributed by atoms with Crippen LogP contribution in [0.1, 0.15) is 16.7 Å². The van der Waals surface area contributed by atoms with E-state index in [0.29, 0.717) is 18.8 Å². The second kappa shape index (κ2) is 7.97. The Hall–Kier alpha value is -2.08. The van der Waals surface area contributed by atoms with E-state index in [9.17, 15) is 9.18 Å². The number of hydrogen-bond donors (Lipinski definition) is 0. The van der Waals surface area contributed by atoms with Crippen molar-refractivity contribution in [1.29, 1.82) is 0 Å². The highest BCUT2D eigenvalue weighted by Gasteiger charge is 2.15. The quantitative estimate of drug-likeness (QED) is 0.731. The zero-order valence-electron chi connectivity index (χ0n) is 13.3. The molecule has 0 bridgehead atoms. The molecule has 23 heavy (non-hydrogen) atoms. The summed E-state index contributed by atoms with van der Waals surface area (Å²) in [5.41, 5.74) is 2.79. The van der Waals surface area contributed by atoms with Crippen molar-refractivity contribution in [3.63, 3.8) is 0 Å². The summed E-state index contributed by atoms with van der Waals surface area (Å²) in [6, 6.07) is 4.71. The fourth-order valence-electron chi connectivity index (χ4n) is 2.36. The zero-order chi connectivity index (χ0) is 16.8. The van der Waals surface area contributed by atoms with Crippen LogP contribution in [0.2, 0.25) is 0 Å². The summed E-state index contributed by atoms with van der Waals surface area (Å²) in [5, 5.41) is 4.12. The van der Waals surface area contributed by atoms with Crippen LogP contribution in [0.3, 0.4) is 0 Å². The van der Waals surface area contributed by atoms with Gasteiger partial charge in [-0.05, 0) is 35.6 Å². The minimum atomic E-state index is -0.258. The molecule has 2 aromatic rings. The van der Waals surface area contributed by atoms with Gasteiger partial charge in [0.05, 0.1) is 6.20 Å². The molecular formula is C17H20FN3OS. The number of nitrogens with zero attached hydrogens (tertiary/aromatic N) is 3. The van der Waals surface area contributed by atoms with E-state index in [1.54, 1.807) is 33.6 Å². The van der Waals surface area contributed by atoms with Crippen molar-refractivity contribution in [2.45, 2.75) is 18.8 Å². The molecule has 2 rings (SSSR count). The number of amides is 1. The Morgan fingerprint density at radius 3 is 2.83 bits per heavy atom. The maximum atomic E-state index is 13.5. The van der Waals surface area contributed by atoms with Gasteiger partial charge in [0.1, 0.15) is 5.82 Å². The van der Waals surface area contributed by atoms with Gasteiger partial charge in [-0.2, -0.15) is 16.9 Å². The monoisotopic (exact) mass is 333 g/mol. The molecule has 0 aliphatic heterocycles. The Kier molecular flexibility index (Phi) is 5.98. The van der Waals surface area contributed by atoms with Gasteiger partial charge in [-0.1, -0.05) is 12.6 Å². The first-order chi connectivity index (χ1) is 11.0. The molecule has 4 nitrogen and oxygen atoms in total. The molecule has 0 fully saturated rings. The van der Waals surface area contributed by atoms with Gasteiger partial charge >= 0.3 is 0 Å². The van der Waals surface area contributed by atoms with Crippen molar-refractivity contribution in [2.75, 3.05) is 6.26 Å². The van der Waals surface area contributed by atoms with Crippen LogP contribution in [0.15, 0.2) is 43.2 Å². The summed E-state index contributed by atoms with van der Waals surface area (Å²) in [6.45, 7) is 4.42. The van der Waals surface area contributed by atoms with Gasteiger partial charge in [-0.3, -0.25) is 9.48 Å². The van der Waals surface area contributed by atoms with Crippen LogP contribution in [-0.4, -0.2) is 26.8 Å². The standard InChI is InChI=1S/C17H20FN3OS/c1-4-17(22)21(10-13-8-19-20(2)9-13)11-14-5-6-16(18)7-15(14)12-23-3/h4-9H,1,10-12H2,2-3H3. The molecule has 0 radical (unpaired) electrons. The summed E-state index contributed by atoms with van der Waals surface area (Å²) >= 11 is 1.62. The lowest BCUT2D eigenvalue weighted by atomic mass is 10.1. The van der Waals surface area contributed by atoms with Crippen molar-refractivity contribution >= 4 is 17.7 Å². The van der Waals surface area contributed by atoms with Crippen molar-refractivity contribution in [1.82, 2.24) is 14.7 Å². The first-order valence-electron chi connectivity index (χ1n) is 7.18. The zero-order valence-corrected chi connectivity index (χ0v) is 14.1. The summed E-state index contributed by atoms with van der Waals surface area (Å²) < 4.78 is 15.2. The SMILES string of the molecule is C=CC(=O)N(Cc1cnn(C)c1)Cc1ccc(F)cc1CSC. The van der Waals surface area contributed by atoms with Crippen LogP contribution in [0.5, 0.6) is 0 Å². The van der Waals surface area contributed by atoms with E-state index in [2.05, 4.69) is 11.7 Å². The summed E-state index contributed by atoms with van der Waals surface area (Å²) in [7, 11) is 1.83. The highest BCUT2D eigenvalue weighted by atomic mass is 32.2. The van der Waals surface area contributed by atoms with Crippen LogP contribution in [0.25, 0.3) is 0 Å². The second-order valence-electron chi connectivity index (χ2n) is 5.27. The van der Waals surface area contributed by atoms with Crippen LogP contribution in [0, 0.1) is 5.82 Å². The number of aryl methyl sites for hydroxylation is 1. The number of carbonyl (C=O) groups is 1. The molecule has 0 aliphatic carbocycles. The van der Waals surface area contributed by atoms with Crippen LogP contribution >= 0.6 is 11.8 Å². The van der Waals surface area contributed by atoms with Crippen molar-refractivity contribution in [3.8, 4) is 0 Å². The van der Waals surface area contributed by atoms with E-state index in [-0.39, 0.29) is 11.7 Å². The van der Waals surface area contributed by atoms with Crippen molar-refractivity contribution < 1.29 is 9.18 Å². The lowest BCUT2D eigenvalue weighted by molar-refractivity contribution is -0.127. The molecule has 122 valence electrons. The Labute approximate surface area is 140 Å². The number of carbonyl (C=O) groups excluding carboxylic acids is 1. The highest BCUT2D eigenvalue weighted by Crippen LogP contribution is 2.19. The van der Waals surface area contributed by atoms with Gasteiger partial charge in [0.25, 0.3) is 0 Å². The van der Waals surface area contributed by atoms with E-state index >= 15 is 0 Å². The fraction of sp³-hybridized carbons (Fsp3) is 0.294. The Morgan fingerprint density at radius 2 is 2.22 bits per heavy atom. The molecule has 0 atom stereocenters. The molecular weight excluding hydrogens is 313 g/mol. The molecule has 1 heterocycles. The highest BCUT2D eigenvalue weighted by molar-refractivity contribution is 7.97. The first kappa shape index (κ1) is 17.3. The molecule has 0 N–H and O–H groups in total. The predicted octanol–water partition coefficient (Wildman–Crippen LogP) is 3.14. The Balaban J connectivity index is 2.23. The van der Waals surface area contributed by atoms with Gasteiger partial charge in [0.2, 0.25) is 5.91 Å². The summed E-state index contributed by atoms with van der Waals surface area (Å²) in [6.07, 6.45) is 6.87. The molecule has 0 saturated heterocycles. The van der Waals surface area contributed by atoms with E-state index in [1.165, 1.54) is 18.2 Å². The van der Waals surface area contributed by atoms with E-state index < -0.39 is 0 Å². The van der Waals surface area contributed by atoms with Crippen molar-refractivity contribution in [2.24, 2.45) is 7.05 Å². The number of benzene rings is 1. The molecule has 0 aliphatic rings. The normalized spacial score (nSPS) is 10.6. The number of aromatic nitrogens is 2. The molecule has 1 aromatic carbocycles. The number of rotatable bonds is 7. The van der Waals surface area contributed by atoms with Crippen LogP contribution in [-0.2, 0) is 30.7 Å². The summed E-state index contributed by atoms with van der Waals surface area (Å²) in [4.78, 5) is 13.8. The fourth-order valence-corrected chi connectivity index (χ4v) is 2.94. The Bertz CT molecular complexity index is 699. The van der Waals surface area contributed by atoms with Gasteiger partial charge in [0.15, 0.2) is 0 Å². The average molecular weight is 333 g/mol. The lowest BCUT2D eigenvalue weighted by Gasteiger charge is -2.22. The molecule has 6 heteroatoms. The molecule has 0 unspecified atom stereocenters. The Morgan fingerprint density at radius 1 is 1.43 bits per heavy atom. The van der Waals surface area contributed by atoms with Crippen LogP contribution < -0.4 is 0 Å². The first-order valence-corrected chi connectivity index (χ1v) is 8.58. The van der Waals surface area contributed by atoms with Crippen LogP contribution in [0.4, 0.5) is 4.39 Å². The minimum absolute atomic E-state index is 0.159. The summed E-state index contributed by atoms with van der Waals surface area (Å²) in [5.74, 6) is 0.288. The van der Waals surface area contributed by atoms with E-state index in [0.717, 1.165) is 16.7 Å². The average Bonchev–Trinajstić information content (AvgIpc) is 2.93. The third kappa shape index (κ3) is 4.69. The smallest absolute Gasteiger partial charge is 0.246 e. The van der Waals surface area contributed by atoms with E-state index in [1.807, 2.05) is 19.5 Å². The molecule has 1 amide bonds. The maximum Gasteiger partial charge on any atom is 0.246 e. The lowest BCUT2D eigenvalue weighted by Crippen LogP contribution is -2.28. The largest absolute Gasteiger partial charge is 0.330 e. The predicted molar refractivity (Wildman–Crippen MR) is 91.3 cm³/mol. The molecule has 1 aromatic heterocycles. The minimum Gasteiger partial charge on any atom is -0.330 e. The van der Waals surface area contributed by atoms with Gasteiger partial charge in [-0.15, -0.1) is 0 Å². The van der Waals surface area contributed by atoms with Gasteiger partial charge < -0.3 is 4.90 Å².